The highest BCUT2D eigenvalue weighted by Crippen LogP contribution is 2.43. The summed E-state index contributed by atoms with van der Waals surface area (Å²) in [6.45, 7) is 3.82. The second kappa shape index (κ2) is 40.4. The van der Waals surface area contributed by atoms with Crippen LogP contribution in [0.5, 0.6) is 0 Å². The van der Waals surface area contributed by atoms with E-state index in [-0.39, 0.29) is 13.0 Å². The first-order valence-electron chi connectivity index (χ1n) is 22.0. The van der Waals surface area contributed by atoms with Gasteiger partial charge in [-0.2, -0.15) is 0 Å². The van der Waals surface area contributed by atoms with Gasteiger partial charge < -0.3 is 25.2 Å². The molecule has 3 atom stereocenters. The lowest BCUT2D eigenvalue weighted by atomic mass is 10.1. The topological polar surface area (TPSA) is 155 Å². The van der Waals surface area contributed by atoms with E-state index in [4.69, 9.17) is 29.4 Å². The van der Waals surface area contributed by atoms with Gasteiger partial charge in [-0.25, -0.2) is 4.57 Å². The minimum atomic E-state index is -4.62. The normalized spacial score (nSPS) is 14.3. The van der Waals surface area contributed by atoms with E-state index in [9.17, 15) is 19.0 Å². The molecular formula is C44H82NO9P. The second-order valence-electron chi connectivity index (χ2n) is 14.8. The summed E-state index contributed by atoms with van der Waals surface area (Å²) < 4.78 is 33.3. The van der Waals surface area contributed by atoms with Crippen LogP contribution in [0.4, 0.5) is 0 Å². The Morgan fingerprint density at radius 3 is 1.55 bits per heavy atom. The monoisotopic (exact) mass is 800 g/mol. The predicted octanol–water partition coefficient (Wildman–Crippen LogP) is 12.1. The summed E-state index contributed by atoms with van der Waals surface area (Å²) in [5, 5.41) is 8.89. The Labute approximate surface area is 336 Å². The van der Waals surface area contributed by atoms with Crippen LogP contribution in [0.2, 0.25) is 0 Å². The van der Waals surface area contributed by atoms with Crippen molar-refractivity contribution in [3.05, 3.63) is 36.5 Å². The number of carboxylic acids is 1. The van der Waals surface area contributed by atoms with Crippen molar-refractivity contribution in [2.75, 3.05) is 26.4 Å². The van der Waals surface area contributed by atoms with Crippen molar-refractivity contribution >= 4 is 19.8 Å². The molecule has 322 valence electrons. The van der Waals surface area contributed by atoms with Crippen LogP contribution in [0.15, 0.2) is 36.5 Å². The van der Waals surface area contributed by atoms with Gasteiger partial charge in [0.15, 0.2) is 0 Å². The molecule has 0 aliphatic rings. The molecule has 0 radical (unpaired) electrons. The van der Waals surface area contributed by atoms with Crippen molar-refractivity contribution in [2.24, 2.45) is 5.73 Å². The second-order valence-corrected chi connectivity index (χ2v) is 16.3. The number of rotatable bonds is 42. The smallest absolute Gasteiger partial charge is 0.472 e. The molecule has 0 amide bonds. The molecule has 3 unspecified atom stereocenters. The van der Waals surface area contributed by atoms with Crippen LogP contribution in [-0.2, 0) is 32.7 Å². The van der Waals surface area contributed by atoms with Gasteiger partial charge in [0.25, 0.3) is 0 Å². The highest BCUT2D eigenvalue weighted by molar-refractivity contribution is 7.47. The lowest BCUT2D eigenvalue weighted by molar-refractivity contribution is -0.154. The summed E-state index contributed by atoms with van der Waals surface area (Å²) in [6.07, 6.45) is 44.8. The number of unbranched alkanes of at least 4 members (excludes halogenated alkanes) is 22. The van der Waals surface area contributed by atoms with Crippen molar-refractivity contribution in [1.82, 2.24) is 0 Å². The maximum Gasteiger partial charge on any atom is 0.472 e. The molecule has 0 aromatic carbocycles. The van der Waals surface area contributed by atoms with Gasteiger partial charge in [-0.15, -0.1) is 0 Å². The van der Waals surface area contributed by atoms with Gasteiger partial charge in [0, 0.05) is 13.0 Å². The van der Waals surface area contributed by atoms with Gasteiger partial charge in [-0.1, -0.05) is 159 Å². The molecule has 10 nitrogen and oxygen atoms in total. The Hall–Kier alpha value is -1.81. The molecule has 0 rings (SSSR count). The van der Waals surface area contributed by atoms with Crippen molar-refractivity contribution in [3.8, 4) is 0 Å². The Morgan fingerprint density at radius 1 is 0.582 bits per heavy atom. The number of ether oxygens (including phenoxy) is 2. The first-order chi connectivity index (χ1) is 26.7. The molecule has 0 saturated carbocycles. The fourth-order valence-corrected chi connectivity index (χ4v) is 6.69. The highest BCUT2D eigenvalue weighted by atomic mass is 31.2. The molecule has 0 aromatic heterocycles. The fourth-order valence-electron chi connectivity index (χ4n) is 5.91. The van der Waals surface area contributed by atoms with Gasteiger partial charge in [0.05, 0.1) is 19.8 Å². The lowest BCUT2D eigenvalue weighted by Crippen LogP contribution is -2.34. The number of phosphoric ester groups is 1. The van der Waals surface area contributed by atoms with Crippen LogP contribution >= 0.6 is 7.82 Å². The quantitative estimate of drug-likeness (QED) is 0.0235. The average Bonchev–Trinajstić information content (AvgIpc) is 3.16. The van der Waals surface area contributed by atoms with Crippen LogP contribution in [0.1, 0.15) is 194 Å². The lowest BCUT2D eigenvalue weighted by Gasteiger charge is -2.20. The number of hydrogen-bond donors (Lipinski definition) is 3. The molecule has 0 bridgehead atoms. The number of carbonyl (C=O) groups is 2. The van der Waals surface area contributed by atoms with E-state index in [2.05, 4.69) is 50.3 Å². The number of hydrogen-bond acceptors (Lipinski definition) is 8. The van der Waals surface area contributed by atoms with Crippen molar-refractivity contribution in [1.29, 1.82) is 0 Å². The Balaban J connectivity index is 4.23. The summed E-state index contributed by atoms with van der Waals surface area (Å²) in [5.41, 5.74) is 5.35. The van der Waals surface area contributed by atoms with Gasteiger partial charge in [0.2, 0.25) is 0 Å². The Kier molecular flexibility index (Phi) is 39.1. The standard InChI is InChI=1S/C44H82NO9P/c1-3-5-7-9-11-13-15-17-19-20-21-22-23-25-27-29-31-33-35-37-51-38-41(39-52-55(49,50)53-40-42(45)44(47)48)54-43(46)36-34-32-30-28-26-24-18-16-14-12-10-8-6-4-2/h10,12,16,18-20,41-42H,3-9,11,13-15,17,21-40,45H2,1-2H3,(H,47,48)(H,49,50)/b12-10-,18-16-,20-19-. The highest BCUT2D eigenvalue weighted by Gasteiger charge is 2.27. The van der Waals surface area contributed by atoms with Crippen molar-refractivity contribution in [2.45, 2.75) is 206 Å². The predicted molar refractivity (Wildman–Crippen MR) is 226 cm³/mol. The summed E-state index contributed by atoms with van der Waals surface area (Å²) in [7, 11) is -4.62. The third-order valence-electron chi connectivity index (χ3n) is 9.39. The van der Waals surface area contributed by atoms with Gasteiger partial charge in [-0.05, 0) is 64.2 Å². The largest absolute Gasteiger partial charge is 0.480 e. The summed E-state index contributed by atoms with van der Waals surface area (Å²) in [4.78, 5) is 33.5. The molecule has 0 aliphatic heterocycles. The number of allylic oxidation sites excluding steroid dienone is 6. The molecule has 0 spiro atoms. The van der Waals surface area contributed by atoms with Crippen molar-refractivity contribution in [3.63, 3.8) is 0 Å². The zero-order chi connectivity index (χ0) is 40.5. The maximum atomic E-state index is 12.6. The van der Waals surface area contributed by atoms with Gasteiger partial charge in [-0.3, -0.25) is 18.6 Å². The van der Waals surface area contributed by atoms with Crippen LogP contribution in [0, 0.1) is 0 Å². The molecule has 0 heterocycles. The molecule has 0 aromatic rings. The maximum absolute atomic E-state index is 12.6. The first-order valence-corrected chi connectivity index (χ1v) is 23.5. The molecular weight excluding hydrogens is 717 g/mol. The number of esters is 1. The van der Waals surface area contributed by atoms with E-state index < -0.39 is 45.1 Å². The Bertz CT molecular complexity index is 1020. The summed E-state index contributed by atoms with van der Waals surface area (Å²) in [5.74, 6) is -1.79. The van der Waals surface area contributed by atoms with Crippen LogP contribution < -0.4 is 5.73 Å². The summed E-state index contributed by atoms with van der Waals surface area (Å²) >= 11 is 0. The van der Waals surface area contributed by atoms with Gasteiger partial charge >= 0.3 is 19.8 Å². The van der Waals surface area contributed by atoms with E-state index in [0.29, 0.717) is 13.0 Å². The average molecular weight is 800 g/mol. The number of phosphoric acid groups is 1. The number of carbonyl (C=O) groups excluding carboxylic acids is 1. The third-order valence-corrected chi connectivity index (χ3v) is 10.3. The van der Waals surface area contributed by atoms with E-state index in [1.54, 1.807) is 0 Å². The zero-order valence-electron chi connectivity index (χ0n) is 35.0. The SMILES string of the molecule is CCCC/C=C\C/C=C\CCCCCCCC(=O)OC(COCCCCCCCCCC/C=C\CCCCCCCCC)COP(=O)(O)OCC(N)C(=O)O. The van der Waals surface area contributed by atoms with E-state index in [1.165, 1.54) is 103 Å². The Morgan fingerprint density at radius 2 is 1.02 bits per heavy atom. The zero-order valence-corrected chi connectivity index (χ0v) is 35.9. The fraction of sp³-hybridized carbons (Fsp3) is 0.818. The minimum absolute atomic E-state index is 0.00984. The molecule has 55 heavy (non-hydrogen) atoms. The first kappa shape index (κ1) is 53.2. The third kappa shape index (κ3) is 40.2. The van der Waals surface area contributed by atoms with Crippen LogP contribution in [0.3, 0.4) is 0 Å². The van der Waals surface area contributed by atoms with Gasteiger partial charge in [0.1, 0.15) is 12.1 Å². The van der Waals surface area contributed by atoms with E-state index in [1.807, 2.05) is 0 Å². The number of nitrogens with two attached hydrogens (primary N) is 1. The van der Waals surface area contributed by atoms with E-state index in [0.717, 1.165) is 64.2 Å². The molecule has 0 fully saturated rings. The number of carboxylic acid groups (broad SMARTS) is 1. The number of aliphatic carboxylic acids is 1. The van der Waals surface area contributed by atoms with Crippen molar-refractivity contribution < 1.29 is 42.7 Å². The minimum Gasteiger partial charge on any atom is -0.480 e. The molecule has 0 saturated heterocycles. The molecule has 11 heteroatoms. The summed E-state index contributed by atoms with van der Waals surface area (Å²) in [6, 6.07) is -1.48. The molecule has 0 aliphatic carbocycles. The van der Waals surface area contributed by atoms with Crippen LogP contribution in [-0.4, -0.2) is 60.5 Å². The molecule has 4 N–H and O–H groups in total. The van der Waals surface area contributed by atoms with Crippen LogP contribution in [0.25, 0.3) is 0 Å². The van der Waals surface area contributed by atoms with E-state index >= 15 is 0 Å².